The summed E-state index contributed by atoms with van der Waals surface area (Å²) >= 11 is 0. The smallest absolute Gasteiger partial charge is 0.306 e. The van der Waals surface area contributed by atoms with Gasteiger partial charge in [0.1, 0.15) is 18.0 Å². The van der Waals surface area contributed by atoms with Gasteiger partial charge in [0.2, 0.25) is 0 Å². The van der Waals surface area contributed by atoms with Gasteiger partial charge in [0, 0.05) is 0 Å². The predicted molar refractivity (Wildman–Crippen MR) is 104 cm³/mol. The summed E-state index contributed by atoms with van der Waals surface area (Å²) < 4.78 is 16.0. The summed E-state index contributed by atoms with van der Waals surface area (Å²) in [7, 11) is 1.67. The van der Waals surface area contributed by atoms with Crippen molar-refractivity contribution in [3.05, 3.63) is 29.8 Å². The van der Waals surface area contributed by atoms with Crippen LogP contribution in [0.15, 0.2) is 24.3 Å². The molecule has 0 bridgehead atoms. The molecule has 5 heteroatoms. The highest BCUT2D eigenvalue weighted by Crippen LogP contribution is 2.34. The average Bonchev–Trinajstić information content (AvgIpc) is 2.67. The van der Waals surface area contributed by atoms with Gasteiger partial charge in [-0.25, -0.2) is 0 Å². The van der Waals surface area contributed by atoms with Gasteiger partial charge in [-0.3, -0.25) is 9.59 Å². The molecule has 1 atom stereocenters. The van der Waals surface area contributed by atoms with Gasteiger partial charge in [-0.15, -0.1) is 0 Å². The lowest BCUT2D eigenvalue weighted by Gasteiger charge is -2.28. The van der Waals surface area contributed by atoms with Gasteiger partial charge in [0.15, 0.2) is 0 Å². The van der Waals surface area contributed by atoms with E-state index in [0.29, 0.717) is 5.92 Å². The number of esters is 2. The maximum absolute atomic E-state index is 12.0. The molecule has 1 aliphatic carbocycles. The van der Waals surface area contributed by atoms with E-state index in [9.17, 15) is 9.59 Å². The first-order valence-corrected chi connectivity index (χ1v) is 9.92. The van der Waals surface area contributed by atoms with Crippen molar-refractivity contribution in [2.24, 2.45) is 5.92 Å². The zero-order valence-corrected chi connectivity index (χ0v) is 16.9. The summed E-state index contributed by atoms with van der Waals surface area (Å²) in [6.07, 6.45) is 3.70. The number of methoxy groups -OCH3 is 1. The first kappa shape index (κ1) is 21.3. The molecule has 0 N–H and O–H groups in total. The number of ether oxygens (including phenoxy) is 3. The van der Waals surface area contributed by atoms with Crippen LogP contribution in [-0.4, -0.2) is 31.3 Å². The van der Waals surface area contributed by atoms with Crippen molar-refractivity contribution in [3.8, 4) is 5.75 Å². The van der Waals surface area contributed by atoms with E-state index in [1.54, 1.807) is 7.11 Å². The molecule has 5 nitrogen and oxygen atoms in total. The predicted octanol–water partition coefficient (Wildman–Crippen LogP) is 4.63. The molecule has 0 amide bonds. The number of carbonyl (C=O) groups is 2. The summed E-state index contributed by atoms with van der Waals surface area (Å²) in [5.41, 5.74) is 1.31. The topological polar surface area (TPSA) is 61.8 Å². The molecule has 0 heterocycles. The molecule has 0 saturated heterocycles. The first-order chi connectivity index (χ1) is 12.9. The third kappa shape index (κ3) is 6.89. The van der Waals surface area contributed by atoms with Gasteiger partial charge < -0.3 is 14.2 Å². The van der Waals surface area contributed by atoms with Crippen LogP contribution in [0.4, 0.5) is 0 Å². The zero-order chi connectivity index (χ0) is 19.8. The van der Waals surface area contributed by atoms with Gasteiger partial charge in [0.25, 0.3) is 0 Å². The van der Waals surface area contributed by atoms with E-state index < -0.39 is 0 Å². The van der Waals surface area contributed by atoms with Gasteiger partial charge >= 0.3 is 11.9 Å². The van der Waals surface area contributed by atoms with Gasteiger partial charge in [-0.1, -0.05) is 26.0 Å². The highest BCUT2D eigenvalue weighted by Gasteiger charge is 2.25. The maximum Gasteiger partial charge on any atom is 0.306 e. The van der Waals surface area contributed by atoms with E-state index in [-0.39, 0.29) is 42.9 Å². The quantitative estimate of drug-likeness (QED) is 0.619. The lowest BCUT2D eigenvalue weighted by molar-refractivity contribution is -0.157. The summed E-state index contributed by atoms with van der Waals surface area (Å²) in [6, 6.07) is 8.19. The number of carbonyl (C=O) groups excluding carboxylic acids is 2. The van der Waals surface area contributed by atoms with Crippen molar-refractivity contribution in [2.45, 2.75) is 77.4 Å². The molecule has 27 heavy (non-hydrogen) atoms. The van der Waals surface area contributed by atoms with Crippen molar-refractivity contribution >= 4 is 11.9 Å². The second-order valence-electron chi connectivity index (χ2n) is 7.68. The van der Waals surface area contributed by atoms with E-state index in [1.165, 1.54) is 5.56 Å². The van der Waals surface area contributed by atoms with Crippen LogP contribution in [0.3, 0.4) is 0 Å². The Labute approximate surface area is 162 Å². The van der Waals surface area contributed by atoms with Crippen LogP contribution in [0.5, 0.6) is 5.75 Å². The van der Waals surface area contributed by atoms with Crippen LogP contribution >= 0.6 is 0 Å². The third-order valence-corrected chi connectivity index (χ3v) is 5.35. The van der Waals surface area contributed by atoms with Crippen molar-refractivity contribution in [3.63, 3.8) is 0 Å². The van der Waals surface area contributed by atoms with Crippen molar-refractivity contribution < 1.29 is 23.8 Å². The normalized spacial score (nSPS) is 20.8. The number of benzene rings is 1. The highest BCUT2D eigenvalue weighted by molar-refractivity contribution is 5.77. The van der Waals surface area contributed by atoms with E-state index in [1.807, 2.05) is 32.9 Å². The Morgan fingerprint density at radius 1 is 0.963 bits per heavy atom. The fourth-order valence-corrected chi connectivity index (χ4v) is 3.24. The summed E-state index contributed by atoms with van der Waals surface area (Å²) in [6.45, 7) is 5.85. The van der Waals surface area contributed by atoms with Crippen LogP contribution in [-0.2, 0) is 19.1 Å². The zero-order valence-electron chi connectivity index (χ0n) is 16.9. The van der Waals surface area contributed by atoms with Gasteiger partial charge in [-0.2, -0.15) is 0 Å². The number of hydrogen-bond acceptors (Lipinski definition) is 5. The molecule has 0 aliphatic heterocycles. The second kappa shape index (κ2) is 10.3. The molecular formula is C22H32O5. The van der Waals surface area contributed by atoms with Crippen LogP contribution in [0.25, 0.3) is 0 Å². The van der Waals surface area contributed by atoms with Crippen LogP contribution < -0.4 is 4.74 Å². The molecule has 1 aromatic carbocycles. The fourth-order valence-electron chi connectivity index (χ4n) is 3.24. The minimum absolute atomic E-state index is 0.0439. The van der Waals surface area contributed by atoms with Crippen LogP contribution in [0.2, 0.25) is 0 Å². The Balaban J connectivity index is 1.68. The average molecular weight is 376 g/mol. The Morgan fingerprint density at radius 3 is 2.11 bits per heavy atom. The van der Waals surface area contributed by atoms with Crippen LogP contribution in [0.1, 0.15) is 70.8 Å². The summed E-state index contributed by atoms with van der Waals surface area (Å²) in [4.78, 5) is 23.8. The van der Waals surface area contributed by atoms with E-state index in [2.05, 4.69) is 12.1 Å². The van der Waals surface area contributed by atoms with Crippen molar-refractivity contribution in [1.82, 2.24) is 0 Å². The van der Waals surface area contributed by atoms with Gasteiger partial charge in [-0.05, 0) is 62.1 Å². The number of rotatable bonds is 8. The van der Waals surface area contributed by atoms with Crippen molar-refractivity contribution in [2.75, 3.05) is 7.11 Å². The van der Waals surface area contributed by atoms with E-state index >= 15 is 0 Å². The van der Waals surface area contributed by atoms with Gasteiger partial charge in [0.05, 0.1) is 20.0 Å². The lowest BCUT2D eigenvalue weighted by atomic mass is 9.83. The molecule has 150 valence electrons. The first-order valence-electron chi connectivity index (χ1n) is 9.92. The molecule has 0 radical (unpaired) electrons. The molecule has 1 fully saturated rings. The van der Waals surface area contributed by atoms with E-state index in [0.717, 1.165) is 31.4 Å². The molecule has 1 unspecified atom stereocenters. The Morgan fingerprint density at radius 2 is 1.56 bits per heavy atom. The summed E-state index contributed by atoms with van der Waals surface area (Å²) in [5, 5.41) is 0. The highest BCUT2D eigenvalue weighted by atomic mass is 16.5. The minimum Gasteiger partial charge on any atom is -0.497 e. The summed E-state index contributed by atoms with van der Waals surface area (Å²) in [5.74, 6) is 0.983. The molecule has 1 saturated carbocycles. The van der Waals surface area contributed by atoms with Crippen LogP contribution in [0, 0.1) is 5.92 Å². The minimum atomic E-state index is -0.337. The molecular weight excluding hydrogens is 344 g/mol. The van der Waals surface area contributed by atoms with E-state index in [4.69, 9.17) is 14.2 Å². The Bertz CT molecular complexity index is 600. The monoisotopic (exact) mass is 376 g/mol. The third-order valence-electron chi connectivity index (χ3n) is 5.35. The Hall–Kier alpha value is -2.04. The molecule has 0 spiro atoms. The Kier molecular flexibility index (Phi) is 8.14. The lowest BCUT2D eigenvalue weighted by Crippen LogP contribution is -2.25. The number of hydrogen-bond donors (Lipinski definition) is 0. The molecule has 2 rings (SSSR count). The second-order valence-corrected chi connectivity index (χ2v) is 7.68. The molecule has 0 aromatic heterocycles. The largest absolute Gasteiger partial charge is 0.497 e. The van der Waals surface area contributed by atoms with Crippen molar-refractivity contribution in [1.29, 1.82) is 0 Å². The molecule has 1 aliphatic rings. The molecule has 1 aromatic rings. The maximum atomic E-state index is 12.0. The fraction of sp³-hybridized carbons (Fsp3) is 0.636. The standard InChI is InChI=1S/C22H32O5/c1-15(2)16(3)26-21(23)13-14-22(24)27-20-11-7-18(8-12-20)17-5-9-19(25-4)10-6-17/h5-6,9-10,15-16,18,20H,7-8,11-14H2,1-4H3. The SMILES string of the molecule is COc1ccc(C2CCC(OC(=O)CCC(=O)OC(C)C(C)C)CC2)cc1.